The molecule has 1 unspecified atom stereocenters. The number of aromatic nitrogens is 2. The summed E-state index contributed by atoms with van der Waals surface area (Å²) < 4.78 is 1.72. The van der Waals surface area contributed by atoms with Crippen LogP contribution in [0.1, 0.15) is 56.3 Å². The molecule has 1 atom stereocenters. The number of fused-ring (bicyclic) bond motifs is 1. The lowest BCUT2D eigenvalue weighted by molar-refractivity contribution is 0.150. The highest BCUT2D eigenvalue weighted by Crippen LogP contribution is 2.34. The zero-order valence-corrected chi connectivity index (χ0v) is 14.6. The van der Waals surface area contributed by atoms with Gasteiger partial charge in [0, 0.05) is 29.7 Å². The van der Waals surface area contributed by atoms with Gasteiger partial charge in [0.15, 0.2) is 4.96 Å². The molecule has 1 saturated heterocycles. The Labute approximate surface area is 141 Å². The van der Waals surface area contributed by atoms with Gasteiger partial charge >= 0.3 is 0 Å². The first-order valence-corrected chi connectivity index (χ1v) is 9.81. The largest absolute Gasteiger partial charge is 0.294 e. The zero-order valence-electron chi connectivity index (χ0n) is 13.8. The maximum Gasteiger partial charge on any atom is 0.259 e. The van der Waals surface area contributed by atoms with Gasteiger partial charge in [-0.05, 0) is 45.1 Å². The average Bonchev–Trinajstić information content (AvgIpc) is 3.15. The molecule has 2 fully saturated rings. The van der Waals surface area contributed by atoms with Crippen LogP contribution in [0.2, 0.25) is 0 Å². The molecule has 0 N–H and O–H groups in total. The van der Waals surface area contributed by atoms with E-state index in [1.807, 2.05) is 12.3 Å². The SMILES string of the molecule is Cc1csc2nc(CN3CCCC3C3CCCCC3)cc(=O)n12. The summed E-state index contributed by atoms with van der Waals surface area (Å²) in [6.07, 6.45) is 9.60. The van der Waals surface area contributed by atoms with Crippen molar-refractivity contribution in [3.8, 4) is 0 Å². The van der Waals surface area contributed by atoms with Crippen LogP contribution in [0.15, 0.2) is 16.2 Å². The molecule has 0 amide bonds. The van der Waals surface area contributed by atoms with Crippen molar-refractivity contribution in [1.29, 1.82) is 0 Å². The normalized spacial score (nSPS) is 23.8. The number of hydrogen-bond acceptors (Lipinski definition) is 4. The second kappa shape index (κ2) is 6.36. The summed E-state index contributed by atoms with van der Waals surface area (Å²) in [6, 6.07) is 2.45. The lowest BCUT2D eigenvalue weighted by Gasteiger charge is -2.33. The van der Waals surface area contributed by atoms with E-state index in [2.05, 4.69) is 4.90 Å². The molecule has 0 radical (unpaired) electrons. The van der Waals surface area contributed by atoms with E-state index in [1.54, 1.807) is 21.8 Å². The molecule has 2 aliphatic rings. The van der Waals surface area contributed by atoms with Crippen LogP contribution >= 0.6 is 11.3 Å². The number of hydrogen-bond donors (Lipinski definition) is 0. The quantitative estimate of drug-likeness (QED) is 0.862. The lowest BCUT2D eigenvalue weighted by Crippen LogP contribution is -2.36. The molecule has 4 rings (SSSR count). The Kier molecular flexibility index (Phi) is 4.24. The Morgan fingerprint density at radius 3 is 2.87 bits per heavy atom. The number of thiazole rings is 1. The van der Waals surface area contributed by atoms with Crippen LogP contribution in [-0.2, 0) is 6.54 Å². The molecule has 1 saturated carbocycles. The predicted octanol–water partition coefficient (Wildman–Crippen LogP) is 3.61. The van der Waals surface area contributed by atoms with Crippen LogP contribution in [0.25, 0.3) is 4.96 Å². The van der Waals surface area contributed by atoms with Crippen molar-refractivity contribution in [3.05, 3.63) is 33.2 Å². The summed E-state index contributed by atoms with van der Waals surface area (Å²) in [6.45, 7) is 3.96. The second-order valence-corrected chi connectivity index (χ2v) is 8.00. The number of aryl methyl sites for hydroxylation is 1. The van der Waals surface area contributed by atoms with Gasteiger partial charge in [-0.2, -0.15) is 0 Å². The predicted molar refractivity (Wildman–Crippen MR) is 94.1 cm³/mol. The minimum absolute atomic E-state index is 0.0668. The molecule has 2 aromatic heterocycles. The molecule has 1 aliphatic carbocycles. The molecular formula is C18H25N3OS. The summed E-state index contributed by atoms with van der Waals surface area (Å²) in [5.74, 6) is 0.861. The van der Waals surface area contributed by atoms with Crippen LogP contribution in [0.5, 0.6) is 0 Å². The highest BCUT2D eigenvalue weighted by molar-refractivity contribution is 7.15. The third-order valence-electron chi connectivity index (χ3n) is 5.60. The molecule has 0 bridgehead atoms. The van der Waals surface area contributed by atoms with Crippen molar-refractivity contribution in [2.45, 2.75) is 64.5 Å². The molecule has 124 valence electrons. The molecule has 23 heavy (non-hydrogen) atoms. The molecule has 0 aromatic carbocycles. The van der Waals surface area contributed by atoms with Crippen LogP contribution < -0.4 is 5.56 Å². The maximum absolute atomic E-state index is 12.3. The first-order valence-electron chi connectivity index (χ1n) is 8.93. The van der Waals surface area contributed by atoms with Gasteiger partial charge in [-0.3, -0.25) is 14.1 Å². The fourth-order valence-corrected chi connectivity index (χ4v) is 5.38. The second-order valence-electron chi connectivity index (χ2n) is 7.16. The van der Waals surface area contributed by atoms with Gasteiger partial charge in [-0.15, -0.1) is 11.3 Å². The summed E-state index contributed by atoms with van der Waals surface area (Å²) in [4.78, 5) is 20.5. The van der Waals surface area contributed by atoms with Crippen molar-refractivity contribution >= 4 is 16.3 Å². The van der Waals surface area contributed by atoms with Gasteiger partial charge in [0.2, 0.25) is 0 Å². The third-order valence-corrected chi connectivity index (χ3v) is 6.55. The Bertz CT molecular complexity index is 744. The van der Waals surface area contributed by atoms with Crippen molar-refractivity contribution in [3.63, 3.8) is 0 Å². The van der Waals surface area contributed by atoms with E-state index in [9.17, 15) is 4.79 Å². The van der Waals surface area contributed by atoms with Crippen LogP contribution in [0, 0.1) is 12.8 Å². The number of likely N-dealkylation sites (tertiary alicyclic amines) is 1. The first kappa shape index (κ1) is 15.3. The molecule has 3 heterocycles. The van der Waals surface area contributed by atoms with E-state index in [1.165, 1.54) is 44.9 Å². The number of nitrogens with zero attached hydrogens (tertiary/aromatic N) is 3. The van der Waals surface area contributed by atoms with Crippen molar-refractivity contribution in [1.82, 2.24) is 14.3 Å². The molecule has 1 aliphatic heterocycles. The van der Waals surface area contributed by atoms with Crippen molar-refractivity contribution < 1.29 is 0 Å². The maximum atomic E-state index is 12.3. The molecule has 4 nitrogen and oxygen atoms in total. The summed E-state index contributed by atoms with van der Waals surface area (Å²) >= 11 is 1.56. The van der Waals surface area contributed by atoms with E-state index in [0.717, 1.165) is 35.4 Å². The lowest BCUT2D eigenvalue weighted by atomic mass is 9.83. The van der Waals surface area contributed by atoms with E-state index in [4.69, 9.17) is 4.98 Å². The standard InChI is InChI=1S/C18H25N3OS/c1-13-12-23-18-19-15(10-17(22)21(13)18)11-20-9-5-8-16(20)14-6-3-2-4-7-14/h10,12,14,16H,2-9,11H2,1H3. The minimum Gasteiger partial charge on any atom is -0.294 e. The highest BCUT2D eigenvalue weighted by Gasteiger charge is 2.32. The topological polar surface area (TPSA) is 37.6 Å². The third kappa shape index (κ3) is 2.96. The molecule has 5 heteroatoms. The monoisotopic (exact) mass is 331 g/mol. The van der Waals surface area contributed by atoms with E-state index < -0.39 is 0 Å². The highest BCUT2D eigenvalue weighted by atomic mass is 32.1. The Balaban J connectivity index is 1.55. The van der Waals surface area contributed by atoms with Crippen molar-refractivity contribution in [2.24, 2.45) is 5.92 Å². The van der Waals surface area contributed by atoms with Gasteiger partial charge in [-0.25, -0.2) is 4.98 Å². The van der Waals surface area contributed by atoms with Crippen LogP contribution in [0.3, 0.4) is 0 Å². The Hall–Kier alpha value is -1.20. The smallest absolute Gasteiger partial charge is 0.259 e. The van der Waals surface area contributed by atoms with E-state index in [0.29, 0.717) is 6.04 Å². The molecule has 2 aromatic rings. The van der Waals surface area contributed by atoms with Gasteiger partial charge in [-0.1, -0.05) is 19.3 Å². The van der Waals surface area contributed by atoms with E-state index >= 15 is 0 Å². The minimum atomic E-state index is 0.0668. The van der Waals surface area contributed by atoms with Crippen LogP contribution in [0.4, 0.5) is 0 Å². The molecular weight excluding hydrogens is 306 g/mol. The molecule has 0 spiro atoms. The first-order chi connectivity index (χ1) is 11.2. The average molecular weight is 331 g/mol. The number of rotatable bonds is 3. The zero-order chi connectivity index (χ0) is 15.8. The fourth-order valence-electron chi connectivity index (χ4n) is 4.49. The summed E-state index contributed by atoms with van der Waals surface area (Å²) in [5, 5.41) is 2.01. The van der Waals surface area contributed by atoms with Gasteiger partial charge in [0.25, 0.3) is 5.56 Å². The van der Waals surface area contributed by atoms with Crippen LogP contribution in [-0.4, -0.2) is 26.9 Å². The van der Waals surface area contributed by atoms with E-state index in [-0.39, 0.29) is 5.56 Å². The van der Waals surface area contributed by atoms with Gasteiger partial charge < -0.3 is 0 Å². The summed E-state index contributed by atoms with van der Waals surface area (Å²) in [7, 11) is 0. The van der Waals surface area contributed by atoms with Crippen molar-refractivity contribution in [2.75, 3.05) is 6.54 Å². The summed E-state index contributed by atoms with van der Waals surface area (Å²) in [5.41, 5.74) is 1.99. The Morgan fingerprint density at radius 2 is 2.04 bits per heavy atom. The fraction of sp³-hybridized carbons (Fsp3) is 0.667. The van der Waals surface area contributed by atoms with Gasteiger partial charge in [0.1, 0.15) is 0 Å². The van der Waals surface area contributed by atoms with Gasteiger partial charge in [0.05, 0.1) is 5.69 Å². The Morgan fingerprint density at radius 1 is 1.22 bits per heavy atom.